The first-order chi connectivity index (χ1) is 19.3. The number of carbonyl (C=O) groups is 1. The molecule has 2 saturated carbocycles. The zero-order valence-electron chi connectivity index (χ0n) is 23.4. The van der Waals surface area contributed by atoms with Gasteiger partial charge in [0.05, 0.1) is 36.9 Å². The number of hydrogen-bond donors (Lipinski definition) is 2. The average molecular weight is 549 g/mol. The van der Waals surface area contributed by atoms with Crippen molar-refractivity contribution in [1.82, 2.24) is 9.78 Å². The number of rotatable bonds is 9. The molecular formula is C32H40N2O6. The van der Waals surface area contributed by atoms with Gasteiger partial charge in [-0.25, -0.2) is 9.48 Å². The molecule has 8 heteroatoms. The molecule has 1 unspecified atom stereocenters. The van der Waals surface area contributed by atoms with Gasteiger partial charge in [-0.2, -0.15) is 5.10 Å². The average Bonchev–Trinajstić information content (AvgIpc) is 3.43. The number of aliphatic hydroxyl groups is 1. The van der Waals surface area contributed by atoms with Crippen LogP contribution in [0.15, 0.2) is 54.6 Å². The lowest BCUT2D eigenvalue weighted by Crippen LogP contribution is -2.38. The Morgan fingerprint density at radius 1 is 1.02 bits per heavy atom. The molecule has 0 spiro atoms. The molecule has 0 amide bonds. The van der Waals surface area contributed by atoms with Crippen molar-refractivity contribution < 1.29 is 29.2 Å². The van der Waals surface area contributed by atoms with Crippen molar-refractivity contribution in [3.8, 4) is 22.7 Å². The number of benzene rings is 2. The second-order valence-electron chi connectivity index (χ2n) is 11.3. The maximum Gasteiger partial charge on any atom is 0.506 e. The van der Waals surface area contributed by atoms with Gasteiger partial charge in [-0.1, -0.05) is 49.1 Å². The third-order valence-electron chi connectivity index (χ3n) is 8.53. The van der Waals surface area contributed by atoms with Crippen LogP contribution in [0.4, 0.5) is 4.79 Å². The van der Waals surface area contributed by atoms with Crippen LogP contribution in [0.1, 0.15) is 69.0 Å². The van der Waals surface area contributed by atoms with Crippen LogP contribution in [0.3, 0.4) is 0 Å². The summed E-state index contributed by atoms with van der Waals surface area (Å²) in [6, 6.07) is 18.0. The van der Waals surface area contributed by atoms with E-state index < -0.39 is 17.9 Å². The van der Waals surface area contributed by atoms with Crippen LogP contribution in [0.2, 0.25) is 0 Å². The molecule has 1 aromatic heterocycles. The van der Waals surface area contributed by atoms with Gasteiger partial charge in [-0.05, 0) is 81.7 Å². The van der Waals surface area contributed by atoms with Gasteiger partial charge in [0, 0.05) is 5.56 Å². The summed E-state index contributed by atoms with van der Waals surface area (Å²) >= 11 is 0. The highest BCUT2D eigenvalue weighted by atomic mass is 16.7. The molecule has 0 bridgehead atoms. The van der Waals surface area contributed by atoms with E-state index in [9.17, 15) is 15.0 Å². The van der Waals surface area contributed by atoms with Crippen molar-refractivity contribution >= 4 is 6.16 Å². The molecule has 3 aromatic rings. The highest BCUT2D eigenvalue weighted by molar-refractivity contribution is 5.63. The third-order valence-corrected chi connectivity index (χ3v) is 8.53. The number of aryl methyl sites for hydroxylation is 1. The minimum atomic E-state index is -1.24. The summed E-state index contributed by atoms with van der Waals surface area (Å²) in [4.78, 5) is 11.3. The Morgan fingerprint density at radius 3 is 2.33 bits per heavy atom. The van der Waals surface area contributed by atoms with Crippen LogP contribution < -0.4 is 4.74 Å². The van der Waals surface area contributed by atoms with E-state index in [0.717, 1.165) is 48.4 Å². The minimum absolute atomic E-state index is 0.0518. The Morgan fingerprint density at radius 2 is 1.70 bits per heavy atom. The number of aromatic nitrogens is 2. The number of hydrogen-bond acceptors (Lipinski definition) is 6. The summed E-state index contributed by atoms with van der Waals surface area (Å²) in [5.41, 5.74) is 3.57. The van der Waals surface area contributed by atoms with Gasteiger partial charge < -0.3 is 24.4 Å². The van der Waals surface area contributed by atoms with Crippen molar-refractivity contribution in [3.63, 3.8) is 0 Å². The van der Waals surface area contributed by atoms with Crippen LogP contribution in [-0.4, -0.2) is 52.1 Å². The summed E-state index contributed by atoms with van der Waals surface area (Å²) in [5.74, 6) is 0.983. The number of ether oxygens (including phenoxy) is 3. The molecule has 2 aliphatic carbocycles. The highest BCUT2D eigenvalue weighted by Gasteiger charge is 2.39. The predicted octanol–water partition coefficient (Wildman–Crippen LogP) is 6.65. The lowest BCUT2D eigenvalue weighted by Gasteiger charge is -2.36. The van der Waals surface area contributed by atoms with E-state index in [4.69, 9.17) is 19.3 Å². The Hall–Kier alpha value is -3.36. The molecule has 8 nitrogen and oxygen atoms in total. The van der Waals surface area contributed by atoms with Gasteiger partial charge in [0.15, 0.2) is 0 Å². The van der Waals surface area contributed by atoms with Gasteiger partial charge in [0.25, 0.3) is 0 Å². The monoisotopic (exact) mass is 548 g/mol. The summed E-state index contributed by atoms with van der Waals surface area (Å²) in [5, 5.41) is 25.9. The zero-order valence-corrected chi connectivity index (χ0v) is 23.4. The van der Waals surface area contributed by atoms with Gasteiger partial charge in [0.1, 0.15) is 17.5 Å². The molecule has 0 aliphatic heterocycles. The summed E-state index contributed by atoms with van der Waals surface area (Å²) in [7, 11) is 1.64. The van der Waals surface area contributed by atoms with E-state index in [2.05, 4.69) is 31.2 Å². The Bertz CT molecular complexity index is 1260. The molecule has 40 heavy (non-hydrogen) atoms. The molecule has 2 fully saturated rings. The molecule has 0 saturated heterocycles. The van der Waals surface area contributed by atoms with E-state index in [-0.39, 0.29) is 18.6 Å². The fourth-order valence-electron chi connectivity index (χ4n) is 6.08. The zero-order chi connectivity index (χ0) is 28.1. The number of carboxylic acid groups (broad SMARTS) is 1. The summed E-state index contributed by atoms with van der Waals surface area (Å²) in [6.07, 6.45) is 5.98. The normalized spacial score (nSPS) is 22.5. The Balaban J connectivity index is 1.30. The standard InChI is InChI=1S/C32H40N2O6/c1-22-8-10-23(11-9-22)28-20-30(33-34(28)25-12-14-26(38-2)15-13-25)32(37)18-16-27(17-19-32)39-21-29(40-31(35)36)24-6-4-3-5-7-24/h8-15,20,24,27,29,37H,3-7,16-19,21H2,1-2H3,(H,35,36)/t27-,29?,32-. The van der Waals surface area contributed by atoms with Crippen LogP contribution in [-0.2, 0) is 15.1 Å². The van der Waals surface area contributed by atoms with E-state index in [1.165, 1.54) is 12.0 Å². The van der Waals surface area contributed by atoms with Crippen LogP contribution in [0.25, 0.3) is 16.9 Å². The van der Waals surface area contributed by atoms with Crippen molar-refractivity contribution in [1.29, 1.82) is 0 Å². The quantitative estimate of drug-likeness (QED) is 0.289. The van der Waals surface area contributed by atoms with Crippen molar-refractivity contribution in [2.24, 2.45) is 5.92 Å². The molecule has 5 rings (SSSR count). The molecule has 2 aliphatic rings. The molecule has 2 aromatic carbocycles. The molecule has 2 N–H and O–H groups in total. The van der Waals surface area contributed by atoms with Crippen LogP contribution >= 0.6 is 0 Å². The summed E-state index contributed by atoms with van der Waals surface area (Å²) < 4.78 is 18.6. The van der Waals surface area contributed by atoms with E-state index in [1.807, 2.05) is 35.0 Å². The second kappa shape index (κ2) is 12.4. The van der Waals surface area contributed by atoms with Crippen LogP contribution in [0.5, 0.6) is 5.75 Å². The fourth-order valence-corrected chi connectivity index (χ4v) is 6.08. The van der Waals surface area contributed by atoms with Crippen LogP contribution in [0, 0.1) is 12.8 Å². The minimum Gasteiger partial charge on any atom is -0.497 e. The molecular weight excluding hydrogens is 508 g/mol. The lowest BCUT2D eigenvalue weighted by molar-refractivity contribution is -0.0926. The largest absolute Gasteiger partial charge is 0.506 e. The Kier molecular flexibility index (Phi) is 8.76. The smallest absolute Gasteiger partial charge is 0.497 e. The second-order valence-corrected chi connectivity index (χ2v) is 11.3. The first kappa shape index (κ1) is 28.2. The molecule has 1 atom stereocenters. The number of methoxy groups -OCH3 is 1. The first-order valence-corrected chi connectivity index (χ1v) is 14.4. The predicted molar refractivity (Wildman–Crippen MR) is 152 cm³/mol. The number of nitrogens with zero attached hydrogens (tertiary/aromatic N) is 2. The topological polar surface area (TPSA) is 103 Å². The van der Waals surface area contributed by atoms with E-state index >= 15 is 0 Å². The van der Waals surface area contributed by atoms with Crippen molar-refractivity contribution in [2.75, 3.05) is 13.7 Å². The maximum absolute atomic E-state index is 11.8. The van der Waals surface area contributed by atoms with Gasteiger partial charge in [-0.3, -0.25) is 0 Å². The van der Waals surface area contributed by atoms with Gasteiger partial charge in [-0.15, -0.1) is 0 Å². The Labute approximate surface area is 235 Å². The van der Waals surface area contributed by atoms with E-state index in [0.29, 0.717) is 31.4 Å². The SMILES string of the molecule is COc1ccc(-n2nc([C@]3(O)CC[C@H](OCC(OC(=O)O)C4CCCCC4)CC3)cc2-c2ccc(C)cc2)cc1. The van der Waals surface area contributed by atoms with E-state index in [1.54, 1.807) is 7.11 Å². The fraction of sp³-hybridized carbons (Fsp3) is 0.500. The molecule has 1 heterocycles. The maximum atomic E-state index is 11.8. The van der Waals surface area contributed by atoms with Gasteiger partial charge in [0.2, 0.25) is 0 Å². The summed E-state index contributed by atoms with van der Waals surface area (Å²) in [6.45, 7) is 2.33. The molecule has 214 valence electrons. The van der Waals surface area contributed by atoms with Gasteiger partial charge >= 0.3 is 6.16 Å². The van der Waals surface area contributed by atoms with Crippen molar-refractivity contribution in [2.45, 2.75) is 82.5 Å². The molecule has 0 radical (unpaired) electrons. The first-order valence-electron chi connectivity index (χ1n) is 14.4. The third kappa shape index (κ3) is 6.50. The lowest BCUT2D eigenvalue weighted by atomic mass is 9.81. The van der Waals surface area contributed by atoms with Crippen molar-refractivity contribution in [3.05, 3.63) is 65.9 Å². The highest BCUT2D eigenvalue weighted by Crippen LogP contribution is 2.40.